The van der Waals surface area contributed by atoms with E-state index < -0.39 is 15.8 Å². The highest BCUT2D eigenvalue weighted by Gasteiger charge is 2.29. The normalized spacial score (nSPS) is 22.8. The van der Waals surface area contributed by atoms with Crippen LogP contribution in [-0.2, 0) is 27.5 Å². The van der Waals surface area contributed by atoms with Crippen LogP contribution in [0.5, 0.6) is 0 Å². The second-order valence-electron chi connectivity index (χ2n) is 4.49. The molecule has 0 amide bonds. The third-order valence-corrected chi connectivity index (χ3v) is 6.24. The SMILES string of the molecule is O=C(O)Cc1csc(CC2CCCCS2(=O)=O)n1. The molecule has 0 radical (unpaired) electrons. The van der Waals surface area contributed by atoms with E-state index >= 15 is 0 Å². The van der Waals surface area contributed by atoms with Crippen molar-refractivity contribution in [1.29, 1.82) is 0 Å². The monoisotopic (exact) mass is 289 g/mol. The molecule has 1 unspecified atom stereocenters. The van der Waals surface area contributed by atoms with Crippen molar-refractivity contribution in [3.8, 4) is 0 Å². The second kappa shape index (κ2) is 5.36. The summed E-state index contributed by atoms with van der Waals surface area (Å²) in [5.41, 5.74) is 0.510. The molecule has 0 bridgehead atoms. The van der Waals surface area contributed by atoms with E-state index in [1.807, 2.05) is 0 Å². The van der Waals surface area contributed by atoms with E-state index in [9.17, 15) is 13.2 Å². The molecule has 1 aliphatic heterocycles. The number of aliphatic carboxylic acids is 1. The van der Waals surface area contributed by atoms with Crippen LogP contribution in [0, 0.1) is 0 Å². The van der Waals surface area contributed by atoms with E-state index in [2.05, 4.69) is 4.98 Å². The first kappa shape index (κ1) is 13.5. The molecule has 18 heavy (non-hydrogen) atoms. The molecule has 7 heteroatoms. The van der Waals surface area contributed by atoms with Gasteiger partial charge in [-0.2, -0.15) is 0 Å². The van der Waals surface area contributed by atoms with Gasteiger partial charge in [0.15, 0.2) is 9.84 Å². The lowest BCUT2D eigenvalue weighted by atomic mass is 10.1. The van der Waals surface area contributed by atoms with Crippen molar-refractivity contribution in [3.05, 3.63) is 16.1 Å². The third kappa shape index (κ3) is 3.29. The fourth-order valence-corrected chi connectivity index (χ4v) is 4.98. The Hall–Kier alpha value is -0.950. The van der Waals surface area contributed by atoms with Crippen LogP contribution < -0.4 is 0 Å². The van der Waals surface area contributed by atoms with Crippen molar-refractivity contribution in [1.82, 2.24) is 4.98 Å². The molecule has 0 aliphatic carbocycles. The molecule has 1 fully saturated rings. The first-order valence-corrected chi connectivity index (χ1v) is 8.43. The largest absolute Gasteiger partial charge is 0.481 e. The number of thiazole rings is 1. The minimum absolute atomic E-state index is 0.103. The molecule has 1 N–H and O–H groups in total. The predicted octanol–water partition coefficient (Wildman–Crippen LogP) is 1.28. The number of hydrogen-bond donors (Lipinski definition) is 1. The van der Waals surface area contributed by atoms with Gasteiger partial charge in [0.1, 0.15) is 0 Å². The minimum Gasteiger partial charge on any atom is -0.481 e. The van der Waals surface area contributed by atoms with Gasteiger partial charge in [0, 0.05) is 11.8 Å². The highest BCUT2D eigenvalue weighted by molar-refractivity contribution is 7.92. The number of carbonyl (C=O) groups is 1. The average molecular weight is 289 g/mol. The van der Waals surface area contributed by atoms with Gasteiger partial charge in [-0.3, -0.25) is 4.79 Å². The van der Waals surface area contributed by atoms with Crippen LogP contribution in [0.1, 0.15) is 30.0 Å². The molecule has 0 spiro atoms. The minimum atomic E-state index is -2.99. The van der Waals surface area contributed by atoms with Crippen molar-refractivity contribution >= 4 is 27.1 Å². The number of hydrogen-bond acceptors (Lipinski definition) is 5. The lowest BCUT2D eigenvalue weighted by Crippen LogP contribution is -2.30. The number of nitrogens with zero attached hydrogens (tertiary/aromatic N) is 1. The highest BCUT2D eigenvalue weighted by Crippen LogP contribution is 2.24. The first-order chi connectivity index (χ1) is 8.47. The molecule has 0 saturated carbocycles. The molecule has 1 aromatic heterocycles. The Morgan fingerprint density at radius 1 is 1.50 bits per heavy atom. The summed E-state index contributed by atoms with van der Waals surface area (Å²) in [6.07, 6.45) is 2.70. The Labute approximate surface area is 110 Å². The van der Waals surface area contributed by atoms with Crippen molar-refractivity contribution < 1.29 is 18.3 Å². The highest BCUT2D eigenvalue weighted by atomic mass is 32.2. The smallest absolute Gasteiger partial charge is 0.309 e. The van der Waals surface area contributed by atoms with Gasteiger partial charge in [0.25, 0.3) is 0 Å². The molecular weight excluding hydrogens is 274 g/mol. The third-order valence-electron chi connectivity index (χ3n) is 3.05. The molecule has 0 aromatic carbocycles. The molecular formula is C11H15NO4S2. The molecule has 1 saturated heterocycles. The molecule has 2 rings (SSSR count). The molecule has 1 aromatic rings. The number of carboxylic acids is 1. The molecule has 5 nitrogen and oxygen atoms in total. The molecule has 100 valence electrons. The van der Waals surface area contributed by atoms with Crippen LogP contribution in [0.3, 0.4) is 0 Å². The number of sulfone groups is 1. The molecule has 1 aliphatic rings. The van der Waals surface area contributed by atoms with Crippen LogP contribution in [0.15, 0.2) is 5.38 Å². The van der Waals surface area contributed by atoms with Gasteiger partial charge in [-0.15, -0.1) is 11.3 Å². The average Bonchev–Trinajstić information content (AvgIpc) is 2.68. The van der Waals surface area contributed by atoms with Crippen molar-refractivity contribution in [2.24, 2.45) is 0 Å². The van der Waals surface area contributed by atoms with E-state index in [0.717, 1.165) is 17.8 Å². The molecule has 1 atom stereocenters. The Bertz CT molecular complexity index is 535. The summed E-state index contributed by atoms with van der Waals surface area (Å²) in [6, 6.07) is 0. The van der Waals surface area contributed by atoms with Gasteiger partial charge in [-0.25, -0.2) is 13.4 Å². The topological polar surface area (TPSA) is 84.3 Å². The zero-order chi connectivity index (χ0) is 13.2. The standard InChI is InChI=1S/C11H15NO4S2/c13-11(14)5-8-7-17-10(12-8)6-9-3-1-2-4-18(9,15)16/h7,9H,1-6H2,(H,13,14). The van der Waals surface area contributed by atoms with E-state index in [4.69, 9.17) is 5.11 Å². The van der Waals surface area contributed by atoms with Gasteiger partial charge in [0.2, 0.25) is 0 Å². The van der Waals surface area contributed by atoms with Crippen molar-refractivity contribution in [2.45, 2.75) is 37.4 Å². The summed E-state index contributed by atoms with van der Waals surface area (Å²) < 4.78 is 23.7. The van der Waals surface area contributed by atoms with Gasteiger partial charge in [-0.1, -0.05) is 6.42 Å². The predicted molar refractivity (Wildman–Crippen MR) is 68.6 cm³/mol. The summed E-state index contributed by atoms with van der Waals surface area (Å²) in [5.74, 6) is -0.650. The summed E-state index contributed by atoms with van der Waals surface area (Å²) in [4.78, 5) is 14.7. The van der Waals surface area contributed by atoms with Gasteiger partial charge in [0.05, 0.1) is 28.1 Å². The van der Waals surface area contributed by atoms with E-state index in [1.54, 1.807) is 5.38 Å². The lowest BCUT2D eigenvalue weighted by molar-refractivity contribution is -0.136. The quantitative estimate of drug-likeness (QED) is 0.902. The Morgan fingerprint density at radius 2 is 2.28 bits per heavy atom. The second-order valence-corrected chi connectivity index (χ2v) is 7.84. The van der Waals surface area contributed by atoms with Crippen LogP contribution >= 0.6 is 11.3 Å². The van der Waals surface area contributed by atoms with E-state index in [1.165, 1.54) is 11.3 Å². The van der Waals surface area contributed by atoms with Gasteiger partial charge < -0.3 is 5.11 Å². The van der Waals surface area contributed by atoms with Crippen LogP contribution in [-0.4, -0.2) is 35.5 Å². The summed E-state index contributed by atoms with van der Waals surface area (Å²) in [7, 11) is -2.99. The number of carboxylic acid groups (broad SMARTS) is 1. The Kier molecular flexibility index (Phi) is 4.01. The summed E-state index contributed by atoms with van der Waals surface area (Å²) in [6.45, 7) is 0. The number of aromatic nitrogens is 1. The van der Waals surface area contributed by atoms with Crippen molar-refractivity contribution in [2.75, 3.05) is 5.75 Å². The maximum atomic E-state index is 11.9. The first-order valence-electron chi connectivity index (χ1n) is 5.84. The van der Waals surface area contributed by atoms with Gasteiger partial charge in [-0.05, 0) is 12.8 Å². The van der Waals surface area contributed by atoms with Crippen LogP contribution in [0.4, 0.5) is 0 Å². The van der Waals surface area contributed by atoms with E-state index in [0.29, 0.717) is 18.5 Å². The molecule has 2 heterocycles. The maximum absolute atomic E-state index is 11.9. The zero-order valence-corrected chi connectivity index (χ0v) is 11.5. The van der Waals surface area contributed by atoms with Gasteiger partial charge >= 0.3 is 5.97 Å². The Morgan fingerprint density at radius 3 is 2.94 bits per heavy atom. The summed E-state index contributed by atoms with van der Waals surface area (Å²) >= 11 is 1.35. The summed E-state index contributed by atoms with van der Waals surface area (Å²) in [5, 5.41) is 10.7. The van der Waals surface area contributed by atoms with Crippen LogP contribution in [0.2, 0.25) is 0 Å². The fourth-order valence-electron chi connectivity index (χ4n) is 2.12. The number of rotatable bonds is 4. The zero-order valence-electron chi connectivity index (χ0n) is 9.83. The maximum Gasteiger partial charge on any atom is 0.309 e. The van der Waals surface area contributed by atoms with E-state index in [-0.39, 0.29) is 17.4 Å². The van der Waals surface area contributed by atoms with Crippen molar-refractivity contribution in [3.63, 3.8) is 0 Å². The Balaban J connectivity index is 2.04. The van der Waals surface area contributed by atoms with Crippen LogP contribution in [0.25, 0.3) is 0 Å². The lowest BCUT2D eigenvalue weighted by Gasteiger charge is -2.21. The fraction of sp³-hybridized carbons (Fsp3) is 0.636.